The van der Waals surface area contributed by atoms with Gasteiger partial charge in [-0.15, -0.1) is 0 Å². The standard InChI is InChI=1S/C13H20FNO2/c1-10(15)12-6-5-11(9-13(12)14)17-8-4-3-7-16-2/h5-6,9-10H,3-4,7-8,15H2,1-2H3/t10-/m1/s1. The molecule has 0 heterocycles. The molecule has 0 aliphatic rings. The summed E-state index contributed by atoms with van der Waals surface area (Å²) in [5.74, 6) is 0.235. The molecule has 0 aliphatic carbocycles. The second kappa shape index (κ2) is 7.25. The maximum absolute atomic E-state index is 13.6. The maximum Gasteiger partial charge on any atom is 0.131 e. The van der Waals surface area contributed by atoms with Crippen molar-refractivity contribution in [1.29, 1.82) is 0 Å². The molecular formula is C13H20FNO2. The van der Waals surface area contributed by atoms with Gasteiger partial charge in [-0.3, -0.25) is 0 Å². The fourth-order valence-corrected chi connectivity index (χ4v) is 1.51. The monoisotopic (exact) mass is 241 g/mol. The van der Waals surface area contributed by atoms with Crippen LogP contribution in [0.5, 0.6) is 5.75 Å². The molecule has 1 aromatic carbocycles. The fourth-order valence-electron chi connectivity index (χ4n) is 1.51. The lowest BCUT2D eigenvalue weighted by Gasteiger charge is -2.10. The number of methoxy groups -OCH3 is 1. The minimum Gasteiger partial charge on any atom is -0.493 e. The van der Waals surface area contributed by atoms with Crippen LogP contribution in [0.3, 0.4) is 0 Å². The molecule has 0 saturated heterocycles. The Morgan fingerprint density at radius 2 is 2.00 bits per heavy atom. The van der Waals surface area contributed by atoms with E-state index in [9.17, 15) is 4.39 Å². The molecule has 1 aromatic rings. The van der Waals surface area contributed by atoms with Crippen molar-refractivity contribution in [2.75, 3.05) is 20.3 Å². The van der Waals surface area contributed by atoms with Crippen molar-refractivity contribution in [3.05, 3.63) is 29.6 Å². The van der Waals surface area contributed by atoms with Crippen LogP contribution >= 0.6 is 0 Å². The van der Waals surface area contributed by atoms with E-state index in [4.69, 9.17) is 15.2 Å². The average Bonchev–Trinajstić information content (AvgIpc) is 2.28. The van der Waals surface area contributed by atoms with E-state index in [0.717, 1.165) is 19.4 Å². The highest BCUT2D eigenvalue weighted by molar-refractivity contribution is 5.30. The van der Waals surface area contributed by atoms with E-state index >= 15 is 0 Å². The van der Waals surface area contributed by atoms with Crippen LogP contribution in [0, 0.1) is 5.82 Å². The summed E-state index contributed by atoms with van der Waals surface area (Å²) in [5, 5.41) is 0. The third kappa shape index (κ3) is 4.71. The fraction of sp³-hybridized carbons (Fsp3) is 0.538. The highest BCUT2D eigenvalue weighted by atomic mass is 19.1. The Morgan fingerprint density at radius 1 is 1.29 bits per heavy atom. The lowest BCUT2D eigenvalue weighted by Crippen LogP contribution is -2.07. The Bertz CT molecular complexity index is 342. The molecule has 0 unspecified atom stereocenters. The number of unbranched alkanes of at least 4 members (excludes halogenated alkanes) is 1. The smallest absolute Gasteiger partial charge is 0.131 e. The molecule has 0 saturated carbocycles. The molecular weight excluding hydrogens is 221 g/mol. The Morgan fingerprint density at radius 3 is 2.59 bits per heavy atom. The van der Waals surface area contributed by atoms with Crippen molar-refractivity contribution >= 4 is 0 Å². The van der Waals surface area contributed by atoms with Gasteiger partial charge in [0.25, 0.3) is 0 Å². The van der Waals surface area contributed by atoms with Gasteiger partial charge < -0.3 is 15.2 Å². The number of halogens is 1. The van der Waals surface area contributed by atoms with Gasteiger partial charge in [0.15, 0.2) is 0 Å². The molecule has 96 valence electrons. The van der Waals surface area contributed by atoms with E-state index < -0.39 is 0 Å². The van der Waals surface area contributed by atoms with Gasteiger partial charge in [-0.05, 0) is 25.8 Å². The predicted octanol–water partition coefficient (Wildman–Crippen LogP) is 2.65. The van der Waals surface area contributed by atoms with Crippen LogP contribution in [-0.2, 0) is 4.74 Å². The lowest BCUT2D eigenvalue weighted by molar-refractivity contribution is 0.184. The zero-order chi connectivity index (χ0) is 12.7. The van der Waals surface area contributed by atoms with Gasteiger partial charge in [0.2, 0.25) is 0 Å². The summed E-state index contributed by atoms with van der Waals surface area (Å²) in [6.07, 6.45) is 1.83. The highest BCUT2D eigenvalue weighted by Crippen LogP contribution is 2.20. The van der Waals surface area contributed by atoms with Crippen molar-refractivity contribution < 1.29 is 13.9 Å². The average molecular weight is 241 g/mol. The molecule has 0 aromatic heterocycles. The van der Waals surface area contributed by atoms with Crippen LogP contribution < -0.4 is 10.5 Å². The van der Waals surface area contributed by atoms with E-state index in [-0.39, 0.29) is 11.9 Å². The zero-order valence-electron chi connectivity index (χ0n) is 10.4. The Labute approximate surface area is 102 Å². The van der Waals surface area contributed by atoms with Gasteiger partial charge >= 0.3 is 0 Å². The summed E-state index contributed by atoms with van der Waals surface area (Å²) in [4.78, 5) is 0. The molecule has 0 fully saturated rings. The third-order valence-corrected chi connectivity index (χ3v) is 2.47. The minimum absolute atomic E-state index is 0.300. The molecule has 0 aliphatic heterocycles. The van der Waals surface area contributed by atoms with Crippen LogP contribution in [-0.4, -0.2) is 20.3 Å². The summed E-state index contributed by atoms with van der Waals surface area (Å²) in [5.41, 5.74) is 6.14. The molecule has 1 atom stereocenters. The van der Waals surface area contributed by atoms with Gasteiger partial charge in [-0.2, -0.15) is 0 Å². The van der Waals surface area contributed by atoms with Crippen LogP contribution in [0.2, 0.25) is 0 Å². The summed E-state index contributed by atoms with van der Waals surface area (Å²) < 4.78 is 23.9. The van der Waals surface area contributed by atoms with Crippen molar-refractivity contribution in [2.45, 2.75) is 25.8 Å². The molecule has 0 amide bonds. The van der Waals surface area contributed by atoms with Crippen molar-refractivity contribution in [3.63, 3.8) is 0 Å². The summed E-state index contributed by atoms with van der Waals surface area (Å²) in [6, 6.07) is 4.50. The number of nitrogens with two attached hydrogens (primary N) is 1. The molecule has 0 bridgehead atoms. The highest BCUT2D eigenvalue weighted by Gasteiger charge is 2.07. The van der Waals surface area contributed by atoms with Gasteiger partial charge in [0, 0.05) is 31.4 Å². The van der Waals surface area contributed by atoms with Gasteiger partial charge in [0.1, 0.15) is 11.6 Å². The number of ether oxygens (including phenoxy) is 2. The third-order valence-electron chi connectivity index (χ3n) is 2.47. The van der Waals surface area contributed by atoms with Crippen LogP contribution in [0.15, 0.2) is 18.2 Å². The molecule has 0 radical (unpaired) electrons. The Kier molecular flexibility index (Phi) is 5.94. The van der Waals surface area contributed by atoms with Crippen LogP contribution in [0.4, 0.5) is 4.39 Å². The SMILES string of the molecule is COCCCCOc1ccc([C@@H](C)N)c(F)c1. The number of rotatable bonds is 7. The maximum atomic E-state index is 13.6. The van der Waals surface area contributed by atoms with Crippen molar-refractivity contribution in [2.24, 2.45) is 5.73 Å². The second-order valence-corrected chi connectivity index (χ2v) is 4.02. The molecule has 1 rings (SSSR count). The van der Waals surface area contributed by atoms with Gasteiger partial charge in [-0.1, -0.05) is 6.07 Å². The molecule has 3 nitrogen and oxygen atoms in total. The van der Waals surface area contributed by atoms with Crippen LogP contribution in [0.1, 0.15) is 31.4 Å². The molecule has 17 heavy (non-hydrogen) atoms. The number of hydrogen-bond acceptors (Lipinski definition) is 3. The molecule has 2 N–H and O–H groups in total. The second-order valence-electron chi connectivity index (χ2n) is 4.02. The first-order valence-corrected chi connectivity index (χ1v) is 5.82. The van der Waals surface area contributed by atoms with Crippen molar-refractivity contribution in [3.8, 4) is 5.75 Å². The lowest BCUT2D eigenvalue weighted by atomic mass is 10.1. The van der Waals surface area contributed by atoms with Crippen LogP contribution in [0.25, 0.3) is 0 Å². The minimum atomic E-state index is -0.311. The first-order valence-electron chi connectivity index (χ1n) is 5.82. The predicted molar refractivity (Wildman–Crippen MR) is 65.6 cm³/mol. The van der Waals surface area contributed by atoms with Gasteiger partial charge in [0.05, 0.1) is 6.61 Å². The van der Waals surface area contributed by atoms with E-state index in [1.54, 1.807) is 26.2 Å². The first-order chi connectivity index (χ1) is 8.15. The quantitative estimate of drug-likeness (QED) is 0.746. The Hall–Kier alpha value is -1.13. The Balaban J connectivity index is 2.42. The zero-order valence-corrected chi connectivity index (χ0v) is 10.4. The van der Waals surface area contributed by atoms with Crippen molar-refractivity contribution in [1.82, 2.24) is 0 Å². The molecule has 4 heteroatoms. The van der Waals surface area contributed by atoms with E-state index in [1.165, 1.54) is 6.07 Å². The summed E-state index contributed by atoms with van der Waals surface area (Å²) in [7, 11) is 1.67. The van der Waals surface area contributed by atoms with Gasteiger partial charge in [-0.25, -0.2) is 4.39 Å². The summed E-state index contributed by atoms with van der Waals surface area (Å²) in [6.45, 7) is 3.05. The first kappa shape index (κ1) is 13.9. The van der Waals surface area contributed by atoms with E-state index in [2.05, 4.69) is 0 Å². The molecule has 0 spiro atoms. The van der Waals surface area contributed by atoms with E-state index in [1.807, 2.05) is 0 Å². The van der Waals surface area contributed by atoms with E-state index in [0.29, 0.717) is 17.9 Å². The normalized spacial score (nSPS) is 12.5. The number of hydrogen-bond donors (Lipinski definition) is 1. The number of benzene rings is 1. The topological polar surface area (TPSA) is 44.5 Å². The largest absolute Gasteiger partial charge is 0.493 e. The summed E-state index contributed by atoms with van der Waals surface area (Å²) >= 11 is 0.